The third-order valence-electron chi connectivity index (χ3n) is 12.0. The van der Waals surface area contributed by atoms with E-state index in [1.165, 1.54) is 44.3 Å². The molecule has 0 aliphatic carbocycles. The molecular formula is C57H60IrN4OSi-2. The number of rotatable bonds is 9. The van der Waals surface area contributed by atoms with Gasteiger partial charge in [0.05, 0.1) is 36.2 Å². The molecule has 1 radical (unpaired) electrons. The van der Waals surface area contributed by atoms with E-state index in [-0.39, 0.29) is 31.9 Å². The van der Waals surface area contributed by atoms with Crippen LogP contribution in [-0.4, -0.2) is 27.6 Å². The van der Waals surface area contributed by atoms with Crippen molar-refractivity contribution in [2.45, 2.75) is 100 Å². The molecule has 0 N–H and O–H groups in total. The van der Waals surface area contributed by atoms with E-state index in [4.69, 9.17) is 14.4 Å². The molecular weight excluding hydrogens is 977 g/mol. The van der Waals surface area contributed by atoms with Crippen LogP contribution in [0, 0.1) is 38.8 Å². The first-order valence-corrected chi connectivity index (χ1v) is 26.0. The maximum atomic E-state index is 6.65. The molecule has 64 heavy (non-hydrogen) atoms. The maximum absolute atomic E-state index is 6.65. The number of aromatic nitrogens is 4. The fourth-order valence-corrected chi connectivity index (χ4v) is 10.5. The molecule has 0 unspecified atom stereocenters. The molecule has 0 aliphatic rings. The average molecular weight is 1040 g/mol. The van der Waals surface area contributed by atoms with Crippen molar-refractivity contribution in [3.63, 3.8) is 0 Å². The third kappa shape index (κ3) is 9.22. The zero-order chi connectivity index (χ0) is 44.7. The molecule has 0 aliphatic heterocycles. The topological polar surface area (TPSA) is 56.7 Å². The van der Waals surface area contributed by atoms with Gasteiger partial charge in [-0.2, -0.15) is 0 Å². The molecule has 4 heterocycles. The summed E-state index contributed by atoms with van der Waals surface area (Å²) in [5.41, 5.74) is 17.5. The second-order valence-electron chi connectivity index (χ2n) is 19.2. The molecule has 0 fully saturated rings. The van der Waals surface area contributed by atoms with E-state index in [9.17, 15) is 0 Å². The molecule has 5 nitrogen and oxygen atoms in total. The predicted molar refractivity (Wildman–Crippen MR) is 268 cm³/mol. The Balaban J connectivity index is 0.000000246. The molecule has 329 valence electrons. The molecule has 0 amide bonds. The first kappa shape index (κ1) is 46.5. The maximum Gasteiger partial charge on any atom is 0.121 e. The van der Waals surface area contributed by atoms with Gasteiger partial charge in [-0.3, -0.25) is 9.97 Å². The molecule has 0 atom stereocenters. The van der Waals surface area contributed by atoms with Crippen molar-refractivity contribution >= 4 is 46.2 Å². The van der Waals surface area contributed by atoms with Crippen molar-refractivity contribution in [3.8, 4) is 39.5 Å². The Kier molecular flexibility index (Phi) is 13.8. The van der Waals surface area contributed by atoms with E-state index < -0.39 is 8.07 Å². The molecule has 0 bridgehead atoms. The summed E-state index contributed by atoms with van der Waals surface area (Å²) in [5.74, 6) is 2.03. The summed E-state index contributed by atoms with van der Waals surface area (Å²) >= 11 is 0. The number of pyridine rings is 2. The van der Waals surface area contributed by atoms with Gasteiger partial charge in [-0.05, 0) is 101 Å². The van der Waals surface area contributed by atoms with E-state index in [0.717, 1.165) is 73.3 Å². The number of benzene rings is 5. The van der Waals surface area contributed by atoms with Crippen LogP contribution in [0.3, 0.4) is 0 Å². The van der Waals surface area contributed by atoms with Crippen molar-refractivity contribution in [1.82, 2.24) is 19.5 Å². The van der Waals surface area contributed by atoms with Gasteiger partial charge in [0.2, 0.25) is 0 Å². The van der Waals surface area contributed by atoms with E-state index in [0.29, 0.717) is 5.92 Å². The van der Waals surface area contributed by atoms with Crippen LogP contribution in [-0.2, 0) is 26.5 Å². The van der Waals surface area contributed by atoms with E-state index >= 15 is 0 Å². The van der Waals surface area contributed by atoms with Gasteiger partial charge in [0.1, 0.15) is 5.58 Å². The minimum absolute atomic E-state index is 0. The van der Waals surface area contributed by atoms with E-state index in [1.54, 1.807) is 0 Å². The molecule has 0 spiro atoms. The molecule has 4 aromatic heterocycles. The number of nitrogens with zero attached hydrogens (tertiary/aromatic N) is 4. The molecule has 0 saturated heterocycles. The summed E-state index contributed by atoms with van der Waals surface area (Å²) in [6.45, 7) is 27.1. The number of furan rings is 1. The quantitative estimate of drug-likeness (QED) is 0.107. The zero-order valence-corrected chi connectivity index (χ0v) is 42.8. The van der Waals surface area contributed by atoms with Crippen molar-refractivity contribution < 1.29 is 24.5 Å². The van der Waals surface area contributed by atoms with Crippen molar-refractivity contribution in [3.05, 3.63) is 161 Å². The monoisotopic (exact) mass is 1040 g/mol. The van der Waals surface area contributed by atoms with E-state index in [1.807, 2.05) is 30.5 Å². The minimum atomic E-state index is -1.34. The van der Waals surface area contributed by atoms with Crippen LogP contribution in [0.15, 0.2) is 120 Å². The SMILES string of the molecule is CC(C)Cc1cc(-c2[c-]cccc2)ncc1[Si](C)(C)C.Cc1ccc2c(c1)oc1c(-c3nc4ccnc(C)c4n3-c3c(C(C)C)cc(-c4ccccc4)cc3C(C)C)[c-]cc(C)c12.[Ir]. The van der Waals surface area contributed by atoms with E-state index in [2.05, 4.69) is 189 Å². The second kappa shape index (κ2) is 18.9. The van der Waals surface area contributed by atoms with Crippen LogP contribution >= 0.6 is 0 Å². The fraction of sp³-hybridized carbons (Fsp3) is 0.281. The van der Waals surface area contributed by atoms with Crippen LogP contribution in [0.25, 0.3) is 72.4 Å². The summed E-state index contributed by atoms with van der Waals surface area (Å²) < 4.78 is 8.99. The Morgan fingerprint density at radius 1 is 0.750 bits per heavy atom. The summed E-state index contributed by atoms with van der Waals surface area (Å²) in [6.07, 6.45) is 5.09. The fourth-order valence-electron chi connectivity index (χ4n) is 8.92. The minimum Gasteiger partial charge on any atom is -0.501 e. The normalized spacial score (nSPS) is 11.8. The largest absolute Gasteiger partial charge is 0.501 e. The second-order valence-corrected chi connectivity index (χ2v) is 24.3. The van der Waals surface area contributed by atoms with Crippen LogP contribution in [0.4, 0.5) is 0 Å². The number of imidazole rings is 1. The van der Waals surface area contributed by atoms with Gasteiger partial charge in [0.15, 0.2) is 0 Å². The Hall–Kier alpha value is -5.46. The van der Waals surface area contributed by atoms with Gasteiger partial charge in [-0.25, -0.2) is 0 Å². The number of fused-ring (bicyclic) bond motifs is 4. The van der Waals surface area contributed by atoms with Crippen LogP contribution in [0.5, 0.6) is 0 Å². The Morgan fingerprint density at radius 2 is 1.45 bits per heavy atom. The van der Waals surface area contributed by atoms with Gasteiger partial charge in [0.25, 0.3) is 0 Å². The van der Waals surface area contributed by atoms with Gasteiger partial charge in [-0.1, -0.05) is 133 Å². The van der Waals surface area contributed by atoms with Crippen LogP contribution in [0.2, 0.25) is 19.6 Å². The molecule has 0 saturated carbocycles. The summed E-state index contributed by atoms with van der Waals surface area (Å²) in [6, 6.07) is 43.1. The smallest absolute Gasteiger partial charge is 0.121 e. The number of hydrogen-bond donors (Lipinski definition) is 0. The molecule has 9 rings (SSSR count). The molecule has 5 aromatic carbocycles. The molecule has 9 aromatic rings. The Bertz CT molecular complexity index is 3050. The van der Waals surface area contributed by atoms with Crippen molar-refractivity contribution in [1.29, 1.82) is 0 Å². The van der Waals surface area contributed by atoms with Gasteiger partial charge >= 0.3 is 0 Å². The first-order chi connectivity index (χ1) is 30.1. The number of aryl methyl sites for hydroxylation is 3. The van der Waals surface area contributed by atoms with Gasteiger partial charge < -0.3 is 14.0 Å². The van der Waals surface area contributed by atoms with Crippen molar-refractivity contribution in [2.75, 3.05) is 0 Å². The average Bonchev–Trinajstić information content (AvgIpc) is 3.83. The zero-order valence-electron chi connectivity index (χ0n) is 39.4. The Labute approximate surface area is 394 Å². The summed E-state index contributed by atoms with van der Waals surface area (Å²) in [5, 5.41) is 3.72. The summed E-state index contributed by atoms with van der Waals surface area (Å²) in [7, 11) is -1.34. The third-order valence-corrected chi connectivity index (χ3v) is 14.1. The molecule has 7 heteroatoms. The van der Waals surface area contributed by atoms with Gasteiger partial charge in [-0.15, -0.1) is 53.6 Å². The standard InChI is InChI=1S/C39H36N3O.C18H24NSi.Ir/c1-22(2)31-20-28(27-11-9-8-10-12-27)21-32(23(3)4)37(31)42-36-26(7)40-18-17-33(36)41-39(42)30-16-14-25(6)35-29-15-13-24(5)19-34(29)43-38(30)35;1-14(2)11-16-12-17(15-9-7-6-8-10-15)19-13-18(16)20(3,4)5;/h8-15,17-23H,1-7H3;6-9,12-14H,11H2,1-5H3;/q2*-1;. The summed E-state index contributed by atoms with van der Waals surface area (Å²) in [4.78, 5) is 14.7. The van der Waals surface area contributed by atoms with Crippen molar-refractivity contribution in [2.24, 2.45) is 5.92 Å². The Morgan fingerprint density at radius 3 is 2.09 bits per heavy atom. The van der Waals surface area contributed by atoms with Crippen LogP contribution in [0.1, 0.15) is 86.9 Å². The van der Waals surface area contributed by atoms with Crippen LogP contribution < -0.4 is 5.19 Å². The number of hydrogen-bond acceptors (Lipinski definition) is 4. The first-order valence-electron chi connectivity index (χ1n) is 22.5. The predicted octanol–water partition coefficient (Wildman–Crippen LogP) is 14.9. The van der Waals surface area contributed by atoms with Gasteiger partial charge in [0, 0.05) is 43.6 Å².